The fourth-order valence-corrected chi connectivity index (χ4v) is 3.88. The number of amides is 2. The number of hydrogen-bond donors (Lipinski definition) is 2. The molecule has 0 atom stereocenters. The molecule has 8 nitrogen and oxygen atoms in total. The predicted molar refractivity (Wildman–Crippen MR) is 131 cm³/mol. The number of hydrogen-bond acceptors (Lipinski definition) is 6. The lowest BCUT2D eigenvalue weighted by Crippen LogP contribution is -2.34. The number of nitriles is 1. The molecule has 0 saturated carbocycles. The van der Waals surface area contributed by atoms with Crippen molar-refractivity contribution in [3.05, 3.63) is 55.6 Å². The summed E-state index contributed by atoms with van der Waals surface area (Å²) in [6.07, 6.45) is -3.24. The van der Waals surface area contributed by atoms with Gasteiger partial charge in [0, 0.05) is 37.1 Å². The molecule has 0 aliphatic carbocycles. The van der Waals surface area contributed by atoms with Gasteiger partial charge in [0.05, 0.1) is 0 Å². The zero-order valence-corrected chi connectivity index (χ0v) is 20.8. The molecule has 1 aromatic carbocycles. The van der Waals surface area contributed by atoms with E-state index >= 15 is 0 Å². The topological polar surface area (TPSA) is 107 Å². The summed E-state index contributed by atoms with van der Waals surface area (Å²) in [5, 5.41) is 13.8. The summed E-state index contributed by atoms with van der Waals surface area (Å²) in [5.41, 5.74) is 5.39. The minimum absolute atomic E-state index is 0.0476. The predicted octanol–water partition coefficient (Wildman–Crippen LogP) is 2.06. The molecular weight excluding hydrogens is 495 g/mol. The van der Waals surface area contributed by atoms with E-state index in [1.54, 1.807) is 57.4 Å². The van der Waals surface area contributed by atoms with Gasteiger partial charge < -0.3 is 15.5 Å². The van der Waals surface area contributed by atoms with Crippen molar-refractivity contribution in [3.8, 4) is 6.07 Å². The highest BCUT2D eigenvalue weighted by atomic mass is 32.1. The van der Waals surface area contributed by atoms with Crippen LogP contribution in [0, 0.1) is 17.2 Å². The Morgan fingerprint density at radius 1 is 1.31 bits per heavy atom. The molecule has 0 radical (unpaired) electrons. The second-order valence-electron chi connectivity index (χ2n) is 7.73. The molecule has 36 heavy (non-hydrogen) atoms. The molecular formula is C24H24F3N5O3S. The maximum absolute atomic E-state index is 12.7. The third-order valence-electron chi connectivity index (χ3n) is 4.72. The van der Waals surface area contributed by atoms with E-state index in [2.05, 4.69) is 16.8 Å². The smallest absolute Gasteiger partial charge is 0.355 e. The first-order valence-electron chi connectivity index (χ1n) is 10.7. The first kappa shape index (κ1) is 28.2. The summed E-state index contributed by atoms with van der Waals surface area (Å²) < 4.78 is 38.5. The van der Waals surface area contributed by atoms with E-state index in [1.807, 2.05) is 0 Å². The molecule has 0 spiro atoms. The van der Waals surface area contributed by atoms with Gasteiger partial charge in [0.1, 0.15) is 21.8 Å². The fraction of sp³-hybridized carbons (Fsp3) is 0.333. The van der Waals surface area contributed by atoms with Gasteiger partial charge in [0.2, 0.25) is 5.91 Å². The van der Waals surface area contributed by atoms with E-state index < -0.39 is 29.8 Å². The third-order valence-corrected chi connectivity index (χ3v) is 5.73. The Morgan fingerprint density at radius 3 is 2.58 bits per heavy atom. The Hall–Kier alpha value is -4.03. The Bertz CT molecular complexity index is 1440. The van der Waals surface area contributed by atoms with Gasteiger partial charge in [-0.15, -0.1) is 0 Å². The van der Waals surface area contributed by atoms with E-state index in [0.717, 1.165) is 11.3 Å². The van der Waals surface area contributed by atoms with Gasteiger partial charge in [-0.1, -0.05) is 42.7 Å². The maximum atomic E-state index is 12.7. The zero-order valence-electron chi connectivity index (χ0n) is 20.0. The van der Waals surface area contributed by atoms with Crippen LogP contribution in [0.5, 0.6) is 0 Å². The van der Waals surface area contributed by atoms with E-state index in [1.165, 1.54) is 21.7 Å². The minimum atomic E-state index is -4.64. The van der Waals surface area contributed by atoms with Gasteiger partial charge in [-0.2, -0.15) is 18.4 Å². The molecule has 2 rings (SSSR count). The lowest BCUT2D eigenvalue weighted by atomic mass is 10.1. The van der Waals surface area contributed by atoms with Crippen molar-refractivity contribution in [3.63, 3.8) is 0 Å². The summed E-state index contributed by atoms with van der Waals surface area (Å²) in [6, 6.07) is 8.56. The number of thiazole rings is 1. The Kier molecular flexibility index (Phi) is 9.47. The number of halogens is 3. The number of carbonyl (C=O) groups is 2. The van der Waals surface area contributed by atoms with Crippen LogP contribution >= 0.6 is 11.3 Å². The minimum Gasteiger partial charge on any atom is -0.355 e. The van der Waals surface area contributed by atoms with E-state index in [-0.39, 0.29) is 27.6 Å². The fourth-order valence-electron chi connectivity index (χ4n) is 2.90. The van der Waals surface area contributed by atoms with Crippen LogP contribution in [0.4, 0.5) is 24.5 Å². The van der Waals surface area contributed by atoms with Crippen molar-refractivity contribution >= 4 is 46.0 Å². The lowest BCUT2D eigenvalue weighted by molar-refractivity contribution is -0.136. The van der Waals surface area contributed by atoms with Gasteiger partial charge in [0.15, 0.2) is 5.57 Å². The molecule has 2 aromatic rings. The van der Waals surface area contributed by atoms with Crippen LogP contribution in [0.25, 0.3) is 11.5 Å². The van der Waals surface area contributed by atoms with E-state index in [9.17, 15) is 32.8 Å². The quantitative estimate of drug-likeness (QED) is 0.430. The van der Waals surface area contributed by atoms with Crippen LogP contribution < -0.4 is 30.3 Å². The molecule has 0 bridgehead atoms. The van der Waals surface area contributed by atoms with Crippen molar-refractivity contribution < 1.29 is 22.8 Å². The number of anilines is 2. The standard InChI is InChI=1S/C24H24F3N5O3S/c1-5-32-20(11-16(13-28)21(33)30-14-24(25,26)27)36-19(23(32)35)9-10-29-17-7-6-8-18(12-17)31(4)22(34)15(2)3/h6-8,10,12,15,29H,5,14H2,1-4H3,(H,30,33). The van der Waals surface area contributed by atoms with E-state index in [4.69, 9.17) is 0 Å². The largest absolute Gasteiger partial charge is 0.405 e. The molecule has 2 N–H and O–H groups in total. The molecule has 1 aromatic heterocycles. The monoisotopic (exact) mass is 519 g/mol. The number of nitrogens with one attached hydrogen (secondary N) is 2. The first-order valence-corrected chi connectivity index (χ1v) is 11.5. The third kappa shape index (κ3) is 7.48. The molecule has 0 fully saturated rings. The number of alkyl halides is 3. The van der Waals surface area contributed by atoms with Gasteiger partial charge in [-0.05, 0) is 25.1 Å². The summed E-state index contributed by atoms with van der Waals surface area (Å²) in [7, 11) is 1.67. The number of aromatic nitrogens is 1. The molecule has 0 aliphatic rings. The maximum Gasteiger partial charge on any atom is 0.405 e. The average Bonchev–Trinajstić information content (AvgIpc) is 3.13. The molecule has 0 unspecified atom stereocenters. The van der Waals surface area contributed by atoms with Crippen molar-refractivity contribution in [1.82, 2.24) is 9.88 Å². The van der Waals surface area contributed by atoms with Gasteiger partial charge in [-0.25, -0.2) is 0 Å². The van der Waals surface area contributed by atoms with E-state index in [0.29, 0.717) is 11.4 Å². The Balaban J connectivity index is 2.44. The van der Waals surface area contributed by atoms with Crippen LogP contribution in [-0.4, -0.2) is 36.2 Å². The molecule has 190 valence electrons. The summed E-state index contributed by atoms with van der Waals surface area (Å²) in [4.78, 5) is 38.4. The molecule has 0 saturated heterocycles. The second-order valence-corrected chi connectivity index (χ2v) is 8.73. The molecule has 2 amide bonds. The first-order chi connectivity index (χ1) is 16.9. The Morgan fingerprint density at radius 2 is 2.00 bits per heavy atom. The normalized spacial score (nSPS) is 10.6. The van der Waals surface area contributed by atoms with Crippen molar-refractivity contribution in [2.24, 2.45) is 5.92 Å². The highest BCUT2D eigenvalue weighted by molar-refractivity contribution is 7.07. The van der Waals surface area contributed by atoms with Crippen LogP contribution in [0.1, 0.15) is 20.8 Å². The van der Waals surface area contributed by atoms with Crippen LogP contribution in [0.3, 0.4) is 0 Å². The lowest BCUT2D eigenvalue weighted by Gasteiger charge is -2.20. The van der Waals surface area contributed by atoms with Crippen molar-refractivity contribution in [2.45, 2.75) is 33.5 Å². The Labute approximate surface area is 209 Å². The SMILES string of the molecule is CCn1c(=C=C(C#N)C(=O)NCC(F)(F)F)sc(=C=CNc2cccc(N(C)C(=O)C(C)C)c2)c1=O. The van der Waals surface area contributed by atoms with Crippen LogP contribution in [-0.2, 0) is 16.1 Å². The number of rotatable bonds is 7. The number of carbonyl (C=O) groups excluding carboxylic acids is 2. The van der Waals surface area contributed by atoms with Gasteiger partial charge in [0.25, 0.3) is 11.5 Å². The number of benzene rings is 1. The molecule has 1 heterocycles. The highest BCUT2D eigenvalue weighted by Crippen LogP contribution is 2.20. The van der Waals surface area contributed by atoms with Crippen LogP contribution in [0.2, 0.25) is 0 Å². The summed E-state index contributed by atoms with van der Waals surface area (Å²) in [6.45, 7) is 3.84. The molecule has 12 heteroatoms. The highest BCUT2D eigenvalue weighted by Gasteiger charge is 2.28. The van der Waals surface area contributed by atoms with Crippen LogP contribution in [0.15, 0.2) is 40.8 Å². The summed E-state index contributed by atoms with van der Waals surface area (Å²) in [5.74, 6) is -1.47. The average molecular weight is 520 g/mol. The van der Waals surface area contributed by atoms with Crippen molar-refractivity contribution in [1.29, 1.82) is 5.26 Å². The summed E-state index contributed by atoms with van der Waals surface area (Å²) >= 11 is 0.876. The van der Waals surface area contributed by atoms with Crippen molar-refractivity contribution in [2.75, 3.05) is 23.8 Å². The van der Waals surface area contributed by atoms with Gasteiger partial charge >= 0.3 is 6.18 Å². The molecule has 0 aliphatic heterocycles. The van der Waals surface area contributed by atoms with Gasteiger partial charge in [-0.3, -0.25) is 19.0 Å². The zero-order chi connectivity index (χ0) is 27.0. The second kappa shape index (κ2) is 12.1. The number of nitrogens with zero attached hydrogens (tertiary/aromatic N) is 3.